The molecule has 0 saturated heterocycles. The van der Waals surface area contributed by atoms with Crippen LogP contribution in [0.25, 0.3) is 11.1 Å². The molecule has 2 aromatic rings. The first kappa shape index (κ1) is 19.4. The minimum atomic E-state index is -1.20. The molecule has 28 heavy (non-hydrogen) atoms. The summed E-state index contributed by atoms with van der Waals surface area (Å²) in [7, 11) is 0. The predicted octanol–water partition coefficient (Wildman–Crippen LogP) is 3.92. The molecule has 0 spiro atoms. The van der Waals surface area contributed by atoms with E-state index < -0.39 is 23.5 Å². The van der Waals surface area contributed by atoms with E-state index in [-0.39, 0.29) is 18.9 Å². The highest BCUT2D eigenvalue weighted by Gasteiger charge is 2.31. The number of carbonyl (C=O) groups excluding carboxylic acids is 1. The molecule has 144 valence electrons. The van der Waals surface area contributed by atoms with Crippen molar-refractivity contribution in [3.8, 4) is 17.2 Å². The third-order valence-electron chi connectivity index (χ3n) is 4.95. The van der Waals surface area contributed by atoms with E-state index in [0.29, 0.717) is 0 Å². The Balaban J connectivity index is 1.69. The van der Waals surface area contributed by atoms with Gasteiger partial charge in [0.05, 0.1) is 11.5 Å². The molecule has 6 nitrogen and oxygen atoms in total. The molecule has 0 heterocycles. The Labute approximate surface area is 163 Å². The monoisotopic (exact) mass is 378 g/mol. The van der Waals surface area contributed by atoms with Crippen molar-refractivity contribution in [2.24, 2.45) is 5.41 Å². The lowest BCUT2D eigenvalue weighted by Crippen LogP contribution is -2.43. The third-order valence-corrected chi connectivity index (χ3v) is 4.95. The molecule has 1 amide bonds. The molecular formula is C22H22N2O4. The topological polar surface area (TPSA) is 99.4 Å². The molecule has 3 rings (SSSR count). The van der Waals surface area contributed by atoms with E-state index in [4.69, 9.17) is 10.00 Å². The van der Waals surface area contributed by atoms with Crippen LogP contribution in [0.4, 0.5) is 4.79 Å². The molecule has 2 aromatic carbocycles. The minimum absolute atomic E-state index is 0.0109. The average Bonchev–Trinajstić information content (AvgIpc) is 2.99. The number of nitriles is 1. The maximum absolute atomic E-state index is 12.2. The number of alkyl carbamates (subject to hydrolysis) is 1. The first-order chi connectivity index (χ1) is 13.3. The van der Waals surface area contributed by atoms with Gasteiger partial charge in [0.25, 0.3) is 0 Å². The van der Waals surface area contributed by atoms with Gasteiger partial charge in [-0.3, -0.25) is 0 Å². The molecule has 0 saturated carbocycles. The van der Waals surface area contributed by atoms with Gasteiger partial charge in [0.2, 0.25) is 0 Å². The number of benzene rings is 2. The van der Waals surface area contributed by atoms with Gasteiger partial charge < -0.3 is 15.2 Å². The SMILES string of the molecule is CC(C)(C#N)CC(NC(=O)OCC1c2ccccc2-c2ccccc21)C(=O)O. The van der Waals surface area contributed by atoms with E-state index in [1.807, 2.05) is 54.6 Å². The van der Waals surface area contributed by atoms with Gasteiger partial charge in [0, 0.05) is 5.92 Å². The second-order valence-electron chi connectivity index (χ2n) is 7.56. The highest BCUT2D eigenvalue weighted by atomic mass is 16.5. The van der Waals surface area contributed by atoms with E-state index in [9.17, 15) is 14.7 Å². The van der Waals surface area contributed by atoms with Crippen LogP contribution in [0.5, 0.6) is 0 Å². The Morgan fingerprint density at radius 3 is 2.18 bits per heavy atom. The zero-order chi connectivity index (χ0) is 20.3. The second kappa shape index (κ2) is 7.73. The molecule has 0 fully saturated rings. The normalized spacial score (nSPS) is 13.8. The summed E-state index contributed by atoms with van der Waals surface area (Å²) in [5.41, 5.74) is 3.52. The van der Waals surface area contributed by atoms with Crippen molar-refractivity contribution in [3.63, 3.8) is 0 Å². The summed E-state index contributed by atoms with van der Waals surface area (Å²) < 4.78 is 5.37. The Morgan fingerprint density at radius 2 is 1.68 bits per heavy atom. The van der Waals surface area contributed by atoms with Crippen molar-refractivity contribution in [2.45, 2.75) is 32.2 Å². The van der Waals surface area contributed by atoms with Crippen molar-refractivity contribution in [2.75, 3.05) is 6.61 Å². The number of carboxylic acids is 1. The van der Waals surface area contributed by atoms with Gasteiger partial charge in [-0.15, -0.1) is 0 Å². The summed E-state index contributed by atoms with van der Waals surface area (Å²) in [6.45, 7) is 3.36. The van der Waals surface area contributed by atoms with E-state index in [1.165, 1.54) is 0 Å². The van der Waals surface area contributed by atoms with Crippen LogP contribution in [0.1, 0.15) is 37.3 Å². The van der Waals surface area contributed by atoms with E-state index in [1.54, 1.807) is 13.8 Å². The minimum Gasteiger partial charge on any atom is -0.480 e. The maximum Gasteiger partial charge on any atom is 0.407 e. The lowest BCUT2D eigenvalue weighted by Gasteiger charge is -2.22. The van der Waals surface area contributed by atoms with Crippen molar-refractivity contribution in [1.82, 2.24) is 5.32 Å². The number of ether oxygens (including phenoxy) is 1. The molecule has 1 unspecified atom stereocenters. The van der Waals surface area contributed by atoms with Gasteiger partial charge in [0.1, 0.15) is 12.6 Å². The second-order valence-corrected chi connectivity index (χ2v) is 7.56. The first-order valence-electron chi connectivity index (χ1n) is 9.08. The lowest BCUT2D eigenvalue weighted by atomic mass is 9.87. The predicted molar refractivity (Wildman–Crippen MR) is 104 cm³/mol. The smallest absolute Gasteiger partial charge is 0.407 e. The fraction of sp³-hybridized carbons (Fsp3) is 0.318. The molecule has 1 atom stereocenters. The molecule has 0 aliphatic heterocycles. The van der Waals surface area contributed by atoms with Crippen LogP contribution in [0, 0.1) is 16.7 Å². The zero-order valence-corrected chi connectivity index (χ0v) is 15.8. The standard InChI is InChI=1S/C22H22N2O4/c1-22(2,13-23)11-19(20(25)26)24-21(27)28-12-18-16-9-5-3-7-14(16)15-8-4-6-10-17(15)18/h3-10,18-19H,11-12H2,1-2H3,(H,24,27)(H,25,26). The van der Waals surface area contributed by atoms with Crippen molar-refractivity contribution >= 4 is 12.1 Å². The summed E-state index contributed by atoms with van der Waals surface area (Å²) in [5.74, 6) is -1.30. The maximum atomic E-state index is 12.2. The number of hydrogen-bond donors (Lipinski definition) is 2. The number of rotatable bonds is 6. The van der Waals surface area contributed by atoms with E-state index >= 15 is 0 Å². The zero-order valence-electron chi connectivity index (χ0n) is 15.8. The molecule has 0 radical (unpaired) electrons. The number of aliphatic carboxylic acids is 1. The molecule has 1 aliphatic rings. The van der Waals surface area contributed by atoms with Crippen LogP contribution in [0.15, 0.2) is 48.5 Å². The summed E-state index contributed by atoms with van der Waals surface area (Å²) in [4.78, 5) is 23.7. The van der Waals surface area contributed by atoms with Crippen molar-refractivity contribution in [1.29, 1.82) is 5.26 Å². The quantitative estimate of drug-likeness (QED) is 0.794. The van der Waals surface area contributed by atoms with Crippen LogP contribution in [-0.2, 0) is 9.53 Å². The Kier molecular flexibility index (Phi) is 5.36. The molecular weight excluding hydrogens is 356 g/mol. The van der Waals surface area contributed by atoms with E-state index in [0.717, 1.165) is 22.3 Å². The highest BCUT2D eigenvalue weighted by molar-refractivity contribution is 5.81. The van der Waals surface area contributed by atoms with Crippen LogP contribution >= 0.6 is 0 Å². The fourth-order valence-electron chi connectivity index (χ4n) is 3.54. The molecule has 2 N–H and O–H groups in total. The molecule has 6 heteroatoms. The van der Waals surface area contributed by atoms with Gasteiger partial charge >= 0.3 is 12.1 Å². The number of nitrogens with one attached hydrogen (secondary N) is 1. The number of carbonyl (C=O) groups is 2. The number of carboxylic acid groups (broad SMARTS) is 1. The Bertz CT molecular complexity index is 900. The Morgan fingerprint density at radius 1 is 1.14 bits per heavy atom. The fourth-order valence-corrected chi connectivity index (χ4v) is 3.54. The van der Waals surface area contributed by atoms with Crippen LogP contribution < -0.4 is 5.32 Å². The number of fused-ring (bicyclic) bond motifs is 3. The van der Waals surface area contributed by atoms with Gasteiger partial charge in [0.15, 0.2) is 0 Å². The first-order valence-corrected chi connectivity index (χ1v) is 9.08. The van der Waals surface area contributed by atoms with Crippen molar-refractivity contribution < 1.29 is 19.4 Å². The van der Waals surface area contributed by atoms with Gasteiger partial charge in [-0.25, -0.2) is 9.59 Å². The van der Waals surface area contributed by atoms with E-state index in [2.05, 4.69) is 5.32 Å². The average molecular weight is 378 g/mol. The van der Waals surface area contributed by atoms with Gasteiger partial charge in [-0.05, 0) is 42.5 Å². The van der Waals surface area contributed by atoms with Gasteiger partial charge in [-0.1, -0.05) is 48.5 Å². The largest absolute Gasteiger partial charge is 0.480 e. The lowest BCUT2D eigenvalue weighted by molar-refractivity contribution is -0.140. The number of amides is 1. The molecule has 1 aliphatic carbocycles. The molecule has 0 aromatic heterocycles. The van der Waals surface area contributed by atoms with Crippen LogP contribution in [0.3, 0.4) is 0 Å². The van der Waals surface area contributed by atoms with Crippen molar-refractivity contribution in [3.05, 3.63) is 59.7 Å². The number of hydrogen-bond acceptors (Lipinski definition) is 4. The summed E-state index contributed by atoms with van der Waals surface area (Å²) in [5, 5.41) is 20.8. The third kappa shape index (κ3) is 3.99. The summed E-state index contributed by atoms with van der Waals surface area (Å²) in [6, 6.07) is 16.8. The summed E-state index contributed by atoms with van der Waals surface area (Å²) in [6.07, 6.45) is -0.814. The van der Waals surface area contributed by atoms with Gasteiger partial charge in [-0.2, -0.15) is 5.26 Å². The Hall–Kier alpha value is -3.33. The summed E-state index contributed by atoms with van der Waals surface area (Å²) >= 11 is 0. The van der Waals surface area contributed by atoms with Crippen LogP contribution in [-0.4, -0.2) is 29.8 Å². The molecule has 0 bridgehead atoms. The number of nitrogens with zero attached hydrogens (tertiary/aromatic N) is 1. The van der Waals surface area contributed by atoms with Crippen LogP contribution in [0.2, 0.25) is 0 Å². The highest BCUT2D eigenvalue weighted by Crippen LogP contribution is 2.44.